The highest BCUT2D eigenvalue weighted by molar-refractivity contribution is 5.89. The number of amides is 2. The average molecular weight is 286 g/mol. The Kier molecular flexibility index (Phi) is 4.81. The van der Waals surface area contributed by atoms with E-state index in [9.17, 15) is 4.79 Å². The van der Waals surface area contributed by atoms with Crippen molar-refractivity contribution in [3.63, 3.8) is 0 Å². The minimum Gasteiger partial charge on any atom is -0.336 e. The van der Waals surface area contributed by atoms with Crippen molar-refractivity contribution < 1.29 is 4.79 Å². The second-order valence-electron chi connectivity index (χ2n) is 6.13. The topological polar surface area (TPSA) is 76.9 Å². The third-order valence-corrected chi connectivity index (χ3v) is 4.05. The molecule has 3 N–H and O–H groups in total. The van der Waals surface area contributed by atoms with Crippen molar-refractivity contribution in [2.75, 3.05) is 18.4 Å². The Bertz CT molecular complexity index is 547. The minimum absolute atomic E-state index is 0.187. The van der Waals surface area contributed by atoms with E-state index < -0.39 is 0 Å². The van der Waals surface area contributed by atoms with Crippen molar-refractivity contribution in [1.82, 2.24) is 10.6 Å². The lowest BCUT2D eigenvalue weighted by Gasteiger charge is -2.39. The van der Waals surface area contributed by atoms with Crippen molar-refractivity contribution in [3.05, 3.63) is 29.8 Å². The molecule has 2 amide bonds. The zero-order valence-corrected chi connectivity index (χ0v) is 12.6. The normalized spacial score (nSPS) is 20.3. The molecule has 0 aliphatic carbocycles. The van der Waals surface area contributed by atoms with Gasteiger partial charge >= 0.3 is 6.03 Å². The SMILES string of the molecule is CC1(C)CCCNC1CNC(=O)Nc1cccc(C#N)c1. The molecule has 112 valence electrons. The van der Waals surface area contributed by atoms with Gasteiger partial charge in [0.15, 0.2) is 0 Å². The Morgan fingerprint density at radius 3 is 3.05 bits per heavy atom. The van der Waals surface area contributed by atoms with E-state index in [1.54, 1.807) is 24.3 Å². The smallest absolute Gasteiger partial charge is 0.319 e. The van der Waals surface area contributed by atoms with Crippen LogP contribution >= 0.6 is 0 Å². The van der Waals surface area contributed by atoms with Gasteiger partial charge in [-0.25, -0.2) is 4.79 Å². The first-order valence-electron chi connectivity index (χ1n) is 7.30. The lowest BCUT2D eigenvalue weighted by molar-refractivity contribution is 0.177. The molecule has 1 aromatic carbocycles. The predicted molar refractivity (Wildman–Crippen MR) is 83.0 cm³/mol. The monoisotopic (exact) mass is 286 g/mol. The fraction of sp³-hybridized carbons (Fsp3) is 0.500. The fourth-order valence-corrected chi connectivity index (χ4v) is 2.66. The molecule has 0 aromatic heterocycles. The first-order valence-corrected chi connectivity index (χ1v) is 7.30. The zero-order chi connectivity index (χ0) is 15.3. The molecule has 1 saturated heterocycles. The van der Waals surface area contributed by atoms with Crippen LogP contribution in [0.25, 0.3) is 0 Å². The molecule has 0 radical (unpaired) electrons. The van der Waals surface area contributed by atoms with Crippen LogP contribution in [0.4, 0.5) is 10.5 Å². The summed E-state index contributed by atoms with van der Waals surface area (Å²) in [5.74, 6) is 0. The van der Waals surface area contributed by atoms with Crippen LogP contribution in [0, 0.1) is 16.7 Å². The molecule has 1 aliphatic heterocycles. The van der Waals surface area contributed by atoms with E-state index in [1.807, 2.05) is 0 Å². The molecule has 1 aromatic rings. The number of nitrogens with one attached hydrogen (secondary N) is 3. The van der Waals surface area contributed by atoms with Crippen LogP contribution in [-0.4, -0.2) is 25.2 Å². The van der Waals surface area contributed by atoms with Crippen molar-refractivity contribution in [3.8, 4) is 6.07 Å². The zero-order valence-electron chi connectivity index (χ0n) is 12.6. The molecule has 1 unspecified atom stereocenters. The summed E-state index contributed by atoms with van der Waals surface area (Å²) in [4.78, 5) is 11.9. The first kappa shape index (κ1) is 15.3. The van der Waals surface area contributed by atoms with Gasteiger partial charge in [0.25, 0.3) is 0 Å². The lowest BCUT2D eigenvalue weighted by atomic mass is 9.77. The van der Waals surface area contributed by atoms with Gasteiger partial charge in [0.2, 0.25) is 0 Å². The van der Waals surface area contributed by atoms with Gasteiger partial charge in [0.05, 0.1) is 11.6 Å². The largest absolute Gasteiger partial charge is 0.336 e. The molecule has 0 spiro atoms. The molecular weight excluding hydrogens is 264 g/mol. The van der Waals surface area contributed by atoms with E-state index in [1.165, 1.54) is 6.42 Å². The number of carbonyl (C=O) groups excluding carboxylic acids is 1. The van der Waals surface area contributed by atoms with Crippen molar-refractivity contribution >= 4 is 11.7 Å². The van der Waals surface area contributed by atoms with Crippen LogP contribution in [0.1, 0.15) is 32.3 Å². The molecule has 0 saturated carbocycles. The maximum absolute atomic E-state index is 11.9. The third-order valence-electron chi connectivity index (χ3n) is 4.05. The van der Waals surface area contributed by atoms with Gasteiger partial charge in [0, 0.05) is 18.3 Å². The molecule has 5 nitrogen and oxygen atoms in total. The number of carbonyl (C=O) groups is 1. The summed E-state index contributed by atoms with van der Waals surface area (Å²) in [6.45, 7) is 6.04. The molecule has 1 heterocycles. The summed E-state index contributed by atoms with van der Waals surface area (Å²) in [6.07, 6.45) is 2.34. The second kappa shape index (κ2) is 6.59. The summed E-state index contributed by atoms with van der Waals surface area (Å²) in [7, 11) is 0. The third kappa shape index (κ3) is 4.20. The maximum atomic E-state index is 11.9. The van der Waals surface area contributed by atoms with Gasteiger partial charge in [-0.3, -0.25) is 0 Å². The van der Waals surface area contributed by atoms with Crippen LogP contribution in [0.2, 0.25) is 0 Å². The Hall–Kier alpha value is -2.06. The Balaban J connectivity index is 1.86. The average Bonchev–Trinajstić information content (AvgIpc) is 2.46. The highest BCUT2D eigenvalue weighted by Crippen LogP contribution is 2.29. The molecule has 0 bridgehead atoms. The summed E-state index contributed by atoms with van der Waals surface area (Å²) in [5, 5.41) is 18.0. The summed E-state index contributed by atoms with van der Waals surface area (Å²) in [6, 6.07) is 8.97. The van der Waals surface area contributed by atoms with Crippen LogP contribution < -0.4 is 16.0 Å². The number of nitriles is 1. The summed E-state index contributed by atoms with van der Waals surface area (Å²) < 4.78 is 0. The van der Waals surface area contributed by atoms with E-state index in [0.717, 1.165) is 13.0 Å². The fourth-order valence-electron chi connectivity index (χ4n) is 2.66. The van der Waals surface area contributed by atoms with Gasteiger partial charge in [-0.05, 0) is 43.0 Å². The van der Waals surface area contributed by atoms with Crippen LogP contribution in [-0.2, 0) is 0 Å². The van der Waals surface area contributed by atoms with Crippen molar-refractivity contribution in [2.24, 2.45) is 5.41 Å². The standard InChI is InChI=1S/C16H22N4O/c1-16(2)7-4-8-18-14(16)11-19-15(21)20-13-6-3-5-12(9-13)10-17/h3,5-6,9,14,18H,4,7-8,11H2,1-2H3,(H2,19,20,21). The van der Waals surface area contributed by atoms with Gasteiger partial charge in [-0.2, -0.15) is 5.26 Å². The molecule has 1 aliphatic rings. The highest BCUT2D eigenvalue weighted by Gasteiger charge is 2.31. The quantitative estimate of drug-likeness (QED) is 0.798. The van der Waals surface area contributed by atoms with Crippen molar-refractivity contribution in [2.45, 2.75) is 32.7 Å². The van der Waals surface area contributed by atoms with Crippen molar-refractivity contribution in [1.29, 1.82) is 5.26 Å². The summed E-state index contributed by atoms with van der Waals surface area (Å²) >= 11 is 0. The predicted octanol–water partition coefficient (Wildman–Crippen LogP) is 2.46. The number of rotatable bonds is 3. The molecule has 5 heteroatoms. The number of benzene rings is 1. The van der Waals surface area contributed by atoms with E-state index >= 15 is 0 Å². The van der Waals surface area contributed by atoms with Crippen LogP contribution in [0.5, 0.6) is 0 Å². The molecule has 21 heavy (non-hydrogen) atoms. The number of nitrogens with zero attached hydrogens (tertiary/aromatic N) is 1. The molecule has 2 rings (SSSR count). The van der Waals surface area contributed by atoms with E-state index in [0.29, 0.717) is 17.8 Å². The Morgan fingerprint density at radius 1 is 1.52 bits per heavy atom. The Labute approximate surface area is 125 Å². The first-order chi connectivity index (χ1) is 10.0. The van der Waals surface area contributed by atoms with E-state index in [-0.39, 0.29) is 17.5 Å². The van der Waals surface area contributed by atoms with Gasteiger partial charge in [-0.15, -0.1) is 0 Å². The molecular formula is C16H22N4O. The number of urea groups is 1. The number of anilines is 1. The number of hydrogen-bond acceptors (Lipinski definition) is 3. The van der Waals surface area contributed by atoms with Gasteiger partial charge < -0.3 is 16.0 Å². The number of hydrogen-bond donors (Lipinski definition) is 3. The van der Waals surface area contributed by atoms with Crippen LogP contribution in [0.15, 0.2) is 24.3 Å². The van der Waals surface area contributed by atoms with Gasteiger partial charge in [0.1, 0.15) is 0 Å². The van der Waals surface area contributed by atoms with Gasteiger partial charge in [-0.1, -0.05) is 19.9 Å². The minimum atomic E-state index is -0.242. The Morgan fingerprint density at radius 2 is 2.33 bits per heavy atom. The second-order valence-corrected chi connectivity index (χ2v) is 6.13. The van der Waals surface area contributed by atoms with E-state index in [4.69, 9.17) is 5.26 Å². The molecule has 1 fully saturated rings. The summed E-state index contributed by atoms with van der Waals surface area (Å²) in [5.41, 5.74) is 1.34. The van der Waals surface area contributed by atoms with Crippen LogP contribution in [0.3, 0.4) is 0 Å². The molecule has 1 atom stereocenters. The number of piperidine rings is 1. The van der Waals surface area contributed by atoms with E-state index in [2.05, 4.69) is 35.9 Å². The highest BCUT2D eigenvalue weighted by atomic mass is 16.2. The lowest BCUT2D eigenvalue weighted by Crippen LogP contribution is -2.53. The maximum Gasteiger partial charge on any atom is 0.319 e.